The number of aromatic hydroxyl groups is 1. The Bertz CT molecular complexity index is 1360. The molecular weight excluding hydrogens is 451 g/mol. The van der Waals surface area contributed by atoms with E-state index in [1.165, 1.54) is 12.3 Å². The lowest BCUT2D eigenvalue weighted by Gasteiger charge is -2.12. The quantitative estimate of drug-likeness (QED) is 0.459. The summed E-state index contributed by atoms with van der Waals surface area (Å²) in [5.41, 5.74) is 2.62. The number of nitrogens with zero attached hydrogens (tertiary/aromatic N) is 5. The summed E-state index contributed by atoms with van der Waals surface area (Å²) in [5.74, 6) is 0.593. The Morgan fingerprint density at radius 3 is 2.82 bits per heavy atom. The van der Waals surface area contributed by atoms with E-state index >= 15 is 0 Å². The molecule has 4 aromatic heterocycles. The van der Waals surface area contributed by atoms with Crippen LogP contribution in [-0.2, 0) is 4.74 Å². The lowest BCUT2D eigenvalue weighted by Crippen LogP contribution is -2.19. The molecule has 1 aliphatic rings. The monoisotopic (exact) mass is 473 g/mol. The molecule has 34 heavy (non-hydrogen) atoms. The number of aromatic nitrogens is 5. The van der Waals surface area contributed by atoms with Crippen molar-refractivity contribution in [2.75, 3.05) is 19.8 Å². The third-order valence-electron chi connectivity index (χ3n) is 5.80. The molecule has 0 aromatic carbocycles. The average molecular weight is 473 g/mol. The van der Waals surface area contributed by atoms with E-state index < -0.39 is 12.8 Å². The zero-order valence-electron chi connectivity index (χ0n) is 18.5. The molecule has 0 amide bonds. The van der Waals surface area contributed by atoms with Crippen LogP contribution in [-0.4, -0.2) is 55.4 Å². The van der Waals surface area contributed by atoms with Gasteiger partial charge >= 0.3 is 6.18 Å². The highest BCUT2D eigenvalue weighted by molar-refractivity contribution is 5.90. The van der Waals surface area contributed by atoms with Crippen LogP contribution >= 0.6 is 0 Å². The van der Waals surface area contributed by atoms with Gasteiger partial charge < -0.3 is 14.6 Å². The summed E-state index contributed by atoms with van der Waals surface area (Å²) in [6, 6.07) is 5.21. The second-order valence-corrected chi connectivity index (χ2v) is 8.29. The van der Waals surface area contributed by atoms with Gasteiger partial charge in [-0.3, -0.25) is 14.2 Å². The number of pyridine rings is 2. The SMILES string of the molecule is Cc1ncc(-c2cc(C)c3c(O)n(-c4ccn(C5CCOC5)n4)cc3n2)cc1OCC(F)(F)F. The Hall–Kier alpha value is -3.60. The molecule has 1 fully saturated rings. The normalized spacial score (nSPS) is 16.4. The van der Waals surface area contributed by atoms with E-state index in [1.807, 2.05) is 17.8 Å². The second-order valence-electron chi connectivity index (χ2n) is 8.29. The van der Waals surface area contributed by atoms with Gasteiger partial charge in [0.05, 0.1) is 34.9 Å². The first-order valence-corrected chi connectivity index (χ1v) is 10.7. The molecule has 5 heterocycles. The van der Waals surface area contributed by atoms with Crippen molar-refractivity contribution < 1.29 is 27.8 Å². The highest BCUT2D eigenvalue weighted by Gasteiger charge is 2.29. The molecule has 1 aliphatic heterocycles. The number of halogens is 3. The zero-order chi connectivity index (χ0) is 24.0. The molecule has 1 unspecified atom stereocenters. The van der Waals surface area contributed by atoms with Gasteiger partial charge in [0.15, 0.2) is 12.4 Å². The smallest absolute Gasteiger partial charge is 0.422 e. The number of rotatable bonds is 5. The standard InChI is InChI=1S/C23H22F3N5O3/c1-13-7-17(15-8-19(14(2)27-9-15)34-12-23(24,25)26)28-18-10-30(22(32)21(13)18)20-3-5-31(29-20)16-4-6-33-11-16/h3,5,7-10,16,32H,4,6,11-12H2,1-2H3. The molecule has 4 aromatic rings. The molecule has 1 N–H and O–H groups in total. The summed E-state index contributed by atoms with van der Waals surface area (Å²) >= 11 is 0. The summed E-state index contributed by atoms with van der Waals surface area (Å²) in [7, 11) is 0. The van der Waals surface area contributed by atoms with Gasteiger partial charge in [-0.05, 0) is 38.0 Å². The van der Waals surface area contributed by atoms with E-state index in [9.17, 15) is 18.3 Å². The van der Waals surface area contributed by atoms with Gasteiger partial charge in [0.25, 0.3) is 0 Å². The minimum Gasteiger partial charge on any atom is -0.494 e. The van der Waals surface area contributed by atoms with E-state index in [4.69, 9.17) is 9.47 Å². The summed E-state index contributed by atoms with van der Waals surface area (Å²) < 4.78 is 51.5. The van der Waals surface area contributed by atoms with Crippen LogP contribution in [0.2, 0.25) is 0 Å². The molecule has 0 radical (unpaired) electrons. The van der Waals surface area contributed by atoms with Crippen LogP contribution in [0.25, 0.3) is 28.0 Å². The van der Waals surface area contributed by atoms with Crippen molar-refractivity contribution in [2.45, 2.75) is 32.5 Å². The Balaban J connectivity index is 1.50. The lowest BCUT2D eigenvalue weighted by atomic mass is 10.1. The Labute approximate surface area is 192 Å². The van der Waals surface area contributed by atoms with Gasteiger partial charge in [-0.15, -0.1) is 0 Å². The molecule has 11 heteroatoms. The number of aryl methyl sites for hydroxylation is 2. The predicted octanol–water partition coefficient (Wildman–Crippen LogP) is 4.51. The fourth-order valence-electron chi connectivity index (χ4n) is 4.06. The van der Waals surface area contributed by atoms with Crippen LogP contribution in [0, 0.1) is 13.8 Å². The number of alkyl halides is 3. The van der Waals surface area contributed by atoms with Crippen molar-refractivity contribution >= 4 is 10.9 Å². The number of fused-ring (bicyclic) bond motifs is 1. The molecule has 0 saturated carbocycles. The Kier molecular flexibility index (Phi) is 5.43. The van der Waals surface area contributed by atoms with Crippen molar-refractivity contribution in [1.82, 2.24) is 24.3 Å². The van der Waals surface area contributed by atoms with E-state index in [2.05, 4.69) is 15.1 Å². The number of hydrogen-bond acceptors (Lipinski definition) is 6. The van der Waals surface area contributed by atoms with Crippen molar-refractivity contribution in [1.29, 1.82) is 0 Å². The van der Waals surface area contributed by atoms with Gasteiger partial charge in [-0.2, -0.15) is 18.3 Å². The van der Waals surface area contributed by atoms with Crippen LogP contribution in [0.1, 0.15) is 23.7 Å². The molecule has 1 atom stereocenters. The second kappa shape index (κ2) is 8.32. The van der Waals surface area contributed by atoms with E-state index in [0.717, 1.165) is 12.0 Å². The van der Waals surface area contributed by atoms with E-state index in [0.29, 0.717) is 46.9 Å². The van der Waals surface area contributed by atoms with Gasteiger partial charge in [-0.1, -0.05) is 0 Å². The molecule has 0 aliphatic carbocycles. The van der Waals surface area contributed by atoms with Crippen molar-refractivity contribution in [3.63, 3.8) is 0 Å². The molecule has 178 valence electrons. The van der Waals surface area contributed by atoms with Crippen LogP contribution in [0.4, 0.5) is 13.2 Å². The summed E-state index contributed by atoms with van der Waals surface area (Å²) in [6.45, 7) is 3.30. The van der Waals surface area contributed by atoms with Gasteiger partial charge in [0, 0.05) is 36.8 Å². The van der Waals surface area contributed by atoms with Crippen LogP contribution in [0.15, 0.2) is 36.8 Å². The molecular formula is C23H22F3N5O3. The maximum absolute atomic E-state index is 12.6. The molecule has 0 spiro atoms. The van der Waals surface area contributed by atoms with Crippen molar-refractivity contribution in [2.24, 2.45) is 0 Å². The molecule has 0 bridgehead atoms. The maximum atomic E-state index is 12.6. The van der Waals surface area contributed by atoms with Crippen LogP contribution in [0.3, 0.4) is 0 Å². The first-order valence-electron chi connectivity index (χ1n) is 10.7. The fourth-order valence-corrected chi connectivity index (χ4v) is 4.06. The third kappa shape index (κ3) is 4.18. The van der Waals surface area contributed by atoms with Gasteiger partial charge in [-0.25, -0.2) is 4.98 Å². The topological polar surface area (TPSA) is 87.2 Å². The fraction of sp³-hybridized carbons (Fsp3) is 0.348. The first-order chi connectivity index (χ1) is 16.2. The first kappa shape index (κ1) is 22.2. The minimum absolute atomic E-state index is 0.00991. The van der Waals surface area contributed by atoms with Crippen molar-refractivity contribution in [3.8, 4) is 28.7 Å². The van der Waals surface area contributed by atoms with E-state index in [1.54, 1.807) is 29.8 Å². The van der Waals surface area contributed by atoms with Crippen LogP contribution in [0.5, 0.6) is 11.6 Å². The number of ether oxygens (including phenoxy) is 2. The minimum atomic E-state index is -4.45. The van der Waals surface area contributed by atoms with Crippen molar-refractivity contribution in [3.05, 3.63) is 48.0 Å². The summed E-state index contributed by atoms with van der Waals surface area (Å²) in [5, 5.41) is 16.0. The van der Waals surface area contributed by atoms with Crippen LogP contribution < -0.4 is 4.74 Å². The molecule has 1 saturated heterocycles. The highest BCUT2D eigenvalue weighted by Crippen LogP contribution is 2.35. The highest BCUT2D eigenvalue weighted by atomic mass is 19.4. The number of hydrogen-bond donors (Lipinski definition) is 1. The zero-order valence-corrected chi connectivity index (χ0v) is 18.5. The van der Waals surface area contributed by atoms with Gasteiger partial charge in [0.2, 0.25) is 5.88 Å². The maximum Gasteiger partial charge on any atom is 0.422 e. The van der Waals surface area contributed by atoms with E-state index in [-0.39, 0.29) is 17.7 Å². The average Bonchev–Trinajstić information content (AvgIpc) is 3.52. The Morgan fingerprint density at radius 2 is 2.09 bits per heavy atom. The Morgan fingerprint density at radius 1 is 1.26 bits per heavy atom. The summed E-state index contributed by atoms with van der Waals surface area (Å²) in [4.78, 5) is 8.79. The lowest BCUT2D eigenvalue weighted by molar-refractivity contribution is -0.153. The molecule has 8 nitrogen and oxygen atoms in total. The van der Waals surface area contributed by atoms with Gasteiger partial charge in [0.1, 0.15) is 5.75 Å². The largest absolute Gasteiger partial charge is 0.494 e. The summed E-state index contributed by atoms with van der Waals surface area (Å²) in [6.07, 6.45) is 1.50. The predicted molar refractivity (Wildman–Crippen MR) is 117 cm³/mol. The third-order valence-corrected chi connectivity index (χ3v) is 5.80. The molecule has 5 rings (SSSR count).